The highest BCUT2D eigenvalue weighted by Gasteiger charge is 2.26. The second kappa shape index (κ2) is 7.66. The number of para-hydroxylation sites is 1. The smallest absolute Gasteiger partial charge is 0.257 e. The molecule has 1 aliphatic carbocycles. The molecule has 1 aromatic carbocycles. The van der Waals surface area contributed by atoms with Gasteiger partial charge < -0.3 is 10.2 Å². The number of aromatic nitrogens is 2. The van der Waals surface area contributed by atoms with E-state index in [0.29, 0.717) is 11.3 Å². The minimum absolute atomic E-state index is 0.171. The van der Waals surface area contributed by atoms with Crippen LogP contribution in [0.25, 0.3) is 10.9 Å². The summed E-state index contributed by atoms with van der Waals surface area (Å²) in [5, 5.41) is 3.92. The van der Waals surface area contributed by atoms with Crippen molar-refractivity contribution >= 4 is 28.3 Å². The van der Waals surface area contributed by atoms with Gasteiger partial charge in [-0.2, -0.15) is 0 Å². The van der Waals surface area contributed by atoms with Gasteiger partial charge in [0, 0.05) is 24.7 Å². The molecule has 29 heavy (non-hydrogen) atoms. The van der Waals surface area contributed by atoms with Gasteiger partial charge in [-0.3, -0.25) is 9.78 Å². The molecule has 1 amide bonds. The van der Waals surface area contributed by atoms with Crippen molar-refractivity contribution in [3.63, 3.8) is 0 Å². The normalized spacial score (nSPS) is 18.8. The molecule has 0 radical (unpaired) electrons. The van der Waals surface area contributed by atoms with Crippen molar-refractivity contribution < 1.29 is 4.79 Å². The Bertz CT molecular complexity index is 1070. The van der Waals surface area contributed by atoms with Crippen LogP contribution in [0, 0.1) is 5.92 Å². The first-order valence-corrected chi connectivity index (χ1v) is 10.3. The van der Waals surface area contributed by atoms with Crippen LogP contribution in [0.2, 0.25) is 0 Å². The standard InChI is InChI=1S/C24H24N4O/c29-24(27-21-13-18-6-3-4-8-22(18)25-15-21)19-9-10-23(26-14-19)28-12-11-17-5-1-2-7-20(17)16-28/h3-4,6-10,13-15,17H,1-2,5,11-12,16H2,(H,27,29). The molecule has 1 unspecified atom stereocenters. The number of pyridine rings is 2. The largest absolute Gasteiger partial charge is 0.353 e. The first-order chi connectivity index (χ1) is 14.3. The summed E-state index contributed by atoms with van der Waals surface area (Å²) in [4.78, 5) is 23.9. The van der Waals surface area contributed by atoms with E-state index in [1.165, 1.54) is 25.7 Å². The molecular weight excluding hydrogens is 360 g/mol. The van der Waals surface area contributed by atoms with Crippen molar-refractivity contribution in [2.75, 3.05) is 23.3 Å². The minimum atomic E-state index is -0.171. The first-order valence-electron chi connectivity index (χ1n) is 10.3. The SMILES string of the molecule is O=C(Nc1cnc2ccccc2c1)c1ccc(N2CCC3CCCC=C3C2)nc1. The highest BCUT2D eigenvalue weighted by Crippen LogP contribution is 2.33. The van der Waals surface area contributed by atoms with Crippen molar-refractivity contribution in [2.45, 2.75) is 25.7 Å². The summed E-state index contributed by atoms with van der Waals surface area (Å²) in [6.07, 6.45) is 10.8. The maximum absolute atomic E-state index is 12.6. The van der Waals surface area contributed by atoms with E-state index in [9.17, 15) is 4.79 Å². The lowest BCUT2D eigenvalue weighted by Gasteiger charge is -2.37. The predicted molar refractivity (Wildman–Crippen MR) is 116 cm³/mol. The van der Waals surface area contributed by atoms with Crippen LogP contribution in [0.3, 0.4) is 0 Å². The van der Waals surface area contributed by atoms with Gasteiger partial charge in [-0.1, -0.05) is 29.8 Å². The Hall–Kier alpha value is -3.21. The van der Waals surface area contributed by atoms with E-state index in [2.05, 4.69) is 26.3 Å². The van der Waals surface area contributed by atoms with Gasteiger partial charge >= 0.3 is 0 Å². The quantitative estimate of drug-likeness (QED) is 0.658. The fraction of sp³-hybridized carbons (Fsp3) is 0.292. The number of hydrogen-bond donors (Lipinski definition) is 1. The van der Waals surface area contributed by atoms with Crippen molar-refractivity contribution in [3.8, 4) is 0 Å². The van der Waals surface area contributed by atoms with Gasteiger partial charge in [-0.25, -0.2) is 4.98 Å². The zero-order valence-electron chi connectivity index (χ0n) is 16.3. The topological polar surface area (TPSA) is 58.1 Å². The summed E-state index contributed by atoms with van der Waals surface area (Å²) < 4.78 is 0. The Kier molecular flexibility index (Phi) is 4.72. The Balaban J connectivity index is 1.28. The number of nitrogens with zero attached hydrogens (tertiary/aromatic N) is 3. The average molecular weight is 384 g/mol. The number of benzene rings is 1. The van der Waals surface area contributed by atoms with Crippen molar-refractivity contribution in [1.82, 2.24) is 9.97 Å². The molecule has 1 atom stereocenters. The van der Waals surface area contributed by atoms with Crippen LogP contribution in [-0.2, 0) is 0 Å². The number of allylic oxidation sites excluding steroid dienone is 1. The monoisotopic (exact) mass is 384 g/mol. The number of anilines is 2. The molecule has 1 aliphatic heterocycles. The number of carbonyl (C=O) groups excluding carboxylic acids is 1. The minimum Gasteiger partial charge on any atom is -0.353 e. The zero-order valence-corrected chi connectivity index (χ0v) is 16.3. The number of fused-ring (bicyclic) bond motifs is 2. The van der Waals surface area contributed by atoms with Gasteiger partial charge in [0.25, 0.3) is 5.91 Å². The van der Waals surface area contributed by atoms with Crippen LogP contribution in [0.1, 0.15) is 36.0 Å². The van der Waals surface area contributed by atoms with E-state index < -0.39 is 0 Å². The van der Waals surface area contributed by atoms with Crippen LogP contribution in [-0.4, -0.2) is 29.0 Å². The highest BCUT2D eigenvalue weighted by molar-refractivity contribution is 6.04. The van der Waals surface area contributed by atoms with Crippen LogP contribution in [0.15, 0.2) is 66.5 Å². The van der Waals surface area contributed by atoms with E-state index in [4.69, 9.17) is 0 Å². The Labute approximate surface area is 170 Å². The van der Waals surface area contributed by atoms with Gasteiger partial charge in [0.15, 0.2) is 0 Å². The summed E-state index contributed by atoms with van der Waals surface area (Å²) in [6, 6.07) is 13.6. The van der Waals surface area contributed by atoms with Crippen molar-refractivity contribution in [3.05, 3.63) is 72.1 Å². The van der Waals surface area contributed by atoms with Crippen molar-refractivity contribution in [2.24, 2.45) is 5.92 Å². The molecule has 2 aromatic heterocycles. The Morgan fingerprint density at radius 1 is 1.07 bits per heavy atom. The van der Waals surface area contributed by atoms with Gasteiger partial charge in [-0.15, -0.1) is 0 Å². The lowest BCUT2D eigenvalue weighted by Crippen LogP contribution is -2.37. The number of amides is 1. The summed E-state index contributed by atoms with van der Waals surface area (Å²) in [5.74, 6) is 1.54. The van der Waals surface area contributed by atoms with E-state index >= 15 is 0 Å². The zero-order chi connectivity index (χ0) is 19.6. The number of hydrogen-bond acceptors (Lipinski definition) is 4. The number of piperidine rings is 1. The highest BCUT2D eigenvalue weighted by atomic mass is 16.1. The van der Waals surface area contributed by atoms with E-state index in [1.54, 1.807) is 18.0 Å². The summed E-state index contributed by atoms with van der Waals surface area (Å²) in [6.45, 7) is 2.00. The molecule has 5 rings (SSSR count). The second-order valence-electron chi connectivity index (χ2n) is 7.89. The fourth-order valence-electron chi connectivity index (χ4n) is 4.38. The molecule has 3 aromatic rings. The summed E-state index contributed by atoms with van der Waals surface area (Å²) in [7, 11) is 0. The molecule has 1 fully saturated rings. The molecule has 5 heteroatoms. The van der Waals surface area contributed by atoms with Crippen LogP contribution < -0.4 is 10.2 Å². The maximum atomic E-state index is 12.6. The van der Waals surface area contributed by atoms with Gasteiger partial charge in [0.2, 0.25) is 0 Å². The molecule has 0 saturated carbocycles. The molecule has 146 valence electrons. The number of carbonyl (C=O) groups is 1. The molecule has 0 bridgehead atoms. The fourth-order valence-corrected chi connectivity index (χ4v) is 4.38. The average Bonchev–Trinajstić information content (AvgIpc) is 2.79. The van der Waals surface area contributed by atoms with Gasteiger partial charge in [0.05, 0.1) is 23.0 Å². The second-order valence-corrected chi connectivity index (χ2v) is 7.89. The van der Waals surface area contributed by atoms with E-state index in [-0.39, 0.29) is 5.91 Å². The summed E-state index contributed by atoms with van der Waals surface area (Å²) >= 11 is 0. The van der Waals surface area contributed by atoms with Gasteiger partial charge in [0.1, 0.15) is 5.82 Å². The third-order valence-corrected chi connectivity index (χ3v) is 5.99. The molecule has 3 heterocycles. The molecule has 1 saturated heterocycles. The van der Waals surface area contributed by atoms with E-state index in [1.807, 2.05) is 42.5 Å². The number of rotatable bonds is 3. The maximum Gasteiger partial charge on any atom is 0.257 e. The number of nitrogens with one attached hydrogen (secondary N) is 1. The van der Waals surface area contributed by atoms with Crippen LogP contribution in [0.5, 0.6) is 0 Å². The lowest BCUT2D eigenvalue weighted by atomic mass is 9.82. The van der Waals surface area contributed by atoms with E-state index in [0.717, 1.165) is 35.7 Å². The molecule has 0 spiro atoms. The third kappa shape index (κ3) is 3.73. The first kappa shape index (κ1) is 17.9. The molecule has 1 N–H and O–H groups in total. The third-order valence-electron chi connectivity index (χ3n) is 5.99. The molecular formula is C24H24N4O. The lowest BCUT2D eigenvalue weighted by molar-refractivity contribution is 0.102. The Morgan fingerprint density at radius 2 is 2.00 bits per heavy atom. The van der Waals surface area contributed by atoms with Crippen molar-refractivity contribution in [1.29, 1.82) is 0 Å². The molecule has 2 aliphatic rings. The van der Waals surface area contributed by atoms with Gasteiger partial charge in [-0.05, 0) is 55.9 Å². The predicted octanol–water partition coefficient (Wildman–Crippen LogP) is 4.82. The Morgan fingerprint density at radius 3 is 2.90 bits per heavy atom. The summed E-state index contributed by atoms with van der Waals surface area (Å²) in [5.41, 5.74) is 3.71. The molecule has 5 nitrogen and oxygen atoms in total. The van der Waals surface area contributed by atoms with Crippen LogP contribution >= 0.6 is 0 Å². The van der Waals surface area contributed by atoms with Crippen LogP contribution in [0.4, 0.5) is 11.5 Å².